The SMILES string of the molecule is CC(C)(C)n1ccc(-c2ccccc2Cl)n1. The normalized spacial score (nSPS) is 11.8. The van der Waals surface area contributed by atoms with Gasteiger partial charge in [-0.15, -0.1) is 0 Å². The molecular weight excluding hydrogens is 220 g/mol. The van der Waals surface area contributed by atoms with Crippen LogP contribution >= 0.6 is 11.6 Å². The van der Waals surface area contributed by atoms with Gasteiger partial charge in [0.25, 0.3) is 0 Å². The Morgan fingerprint density at radius 2 is 1.81 bits per heavy atom. The van der Waals surface area contributed by atoms with Crippen LogP contribution in [0.4, 0.5) is 0 Å². The molecule has 0 aliphatic heterocycles. The van der Waals surface area contributed by atoms with Crippen molar-refractivity contribution < 1.29 is 0 Å². The third-order valence-electron chi connectivity index (χ3n) is 2.43. The Bertz CT molecular complexity index is 495. The van der Waals surface area contributed by atoms with Gasteiger partial charge in [-0.05, 0) is 32.9 Å². The lowest BCUT2D eigenvalue weighted by molar-refractivity contribution is 0.356. The lowest BCUT2D eigenvalue weighted by atomic mass is 10.1. The molecule has 0 N–H and O–H groups in total. The van der Waals surface area contributed by atoms with Crippen LogP contribution in [0.1, 0.15) is 20.8 Å². The lowest BCUT2D eigenvalue weighted by Crippen LogP contribution is -2.22. The van der Waals surface area contributed by atoms with Gasteiger partial charge in [-0.25, -0.2) is 0 Å². The minimum Gasteiger partial charge on any atom is -0.267 e. The van der Waals surface area contributed by atoms with E-state index in [-0.39, 0.29) is 5.54 Å². The second-order valence-electron chi connectivity index (χ2n) is 4.80. The summed E-state index contributed by atoms with van der Waals surface area (Å²) >= 11 is 6.13. The van der Waals surface area contributed by atoms with Crippen LogP contribution in [-0.2, 0) is 5.54 Å². The van der Waals surface area contributed by atoms with E-state index in [1.54, 1.807) is 0 Å². The highest BCUT2D eigenvalue weighted by Gasteiger charge is 2.15. The highest BCUT2D eigenvalue weighted by atomic mass is 35.5. The summed E-state index contributed by atoms with van der Waals surface area (Å²) in [6.45, 7) is 6.36. The molecule has 0 spiro atoms. The predicted molar refractivity (Wildman–Crippen MR) is 67.7 cm³/mol. The lowest BCUT2D eigenvalue weighted by Gasteiger charge is -2.18. The van der Waals surface area contributed by atoms with Crippen molar-refractivity contribution in [1.29, 1.82) is 0 Å². The first-order valence-electron chi connectivity index (χ1n) is 5.29. The maximum absolute atomic E-state index is 6.13. The molecule has 0 saturated carbocycles. The summed E-state index contributed by atoms with van der Waals surface area (Å²) < 4.78 is 1.95. The highest BCUT2D eigenvalue weighted by molar-refractivity contribution is 6.33. The first kappa shape index (κ1) is 11.2. The number of rotatable bonds is 1. The largest absolute Gasteiger partial charge is 0.267 e. The van der Waals surface area contributed by atoms with E-state index < -0.39 is 0 Å². The van der Waals surface area contributed by atoms with E-state index in [0.29, 0.717) is 0 Å². The number of nitrogens with zero attached hydrogens (tertiary/aromatic N) is 2. The van der Waals surface area contributed by atoms with E-state index in [0.717, 1.165) is 16.3 Å². The van der Waals surface area contributed by atoms with Crippen LogP contribution in [0.3, 0.4) is 0 Å². The molecule has 84 valence electrons. The van der Waals surface area contributed by atoms with E-state index in [9.17, 15) is 0 Å². The van der Waals surface area contributed by atoms with Gasteiger partial charge in [0.05, 0.1) is 16.3 Å². The van der Waals surface area contributed by atoms with Gasteiger partial charge in [0.2, 0.25) is 0 Å². The van der Waals surface area contributed by atoms with Crippen molar-refractivity contribution in [3.63, 3.8) is 0 Å². The number of hydrogen-bond donors (Lipinski definition) is 0. The topological polar surface area (TPSA) is 17.8 Å². The van der Waals surface area contributed by atoms with Crippen molar-refractivity contribution in [3.8, 4) is 11.3 Å². The molecule has 0 bridgehead atoms. The Balaban J connectivity index is 2.44. The molecule has 2 nitrogen and oxygen atoms in total. The summed E-state index contributed by atoms with van der Waals surface area (Å²) in [5.74, 6) is 0. The van der Waals surface area contributed by atoms with E-state index in [4.69, 9.17) is 11.6 Å². The van der Waals surface area contributed by atoms with Gasteiger partial charge in [0.15, 0.2) is 0 Å². The van der Waals surface area contributed by atoms with Crippen LogP contribution in [0.5, 0.6) is 0 Å². The van der Waals surface area contributed by atoms with Crippen molar-refractivity contribution in [2.45, 2.75) is 26.3 Å². The third kappa shape index (κ3) is 2.12. The van der Waals surface area contributed by atoms with Gasteiger partial charge in [-0.3, -0.25) is 4.68 Å². The van der Waals surface area contributed by atoms with Crippen molar-refractivity contribution in [3.05, 3.63) is 41.6 Å². The molecule has 1 heterocycles. The second-order valence-corrected chi connectivity index (χ2v) is 5.20. The fourth-order valence-electron chi connectivity index (χ4n) is 1.51. The molecule has 1 aromatic carbocycles. The van der Waals surface area contributed by atoms with Crippen LogP contribution in [0.2, 0.25) is 5.02 Å². The first-order chi connectivity index (χ1) is 7.48. The maximum atomic E-state index is 6.13. The Hall–Kier alpha value is -1.28. The summed E-state index contributed by atoms with van der Waals surface area (Å²) in [6, 6.07) is 9.75. The van der Waals surface area contributed by atoms with E-state index in [2.05, 4.69) is 25.9 Å². The van der Waals surface area contributed by atoms with Crippen LogP contribution in [0, 0.1) is 0 Å². The fraction of sp³-hybridized carbons (Fsp3) is 0.308. The zero-order chi connectivity index (χ0) is 11.8. The van der Waals surface area contributed by atoms with E-state index >= 15 is 0 Å². The van der Waals surface area contributed by atoms with Crippen molar-refractivity contribution in [2.75, 3.05) is 0 Å². The van der Waals surface area contributed by atoms with Crippen LogP contribution in [-0.4, -0.2) is 9.78 Å². The Morgan fingerprint density at radius 1 is 1.12 bits per heavy atom. The van der Waals surface area contributed by atoms with Gasteiger partial charge >= 0.3 is 0 Å². The molecule has 0 unspecified atom stereocenters. The summed E-state index contributed by atoms with van der Waals surface area (Å²) in [4.78, 5) is 0. The zero-order valence-electron chi connectivity index (χ0n) is 9.74. The average Bonchev–Trinajstić information content (AvgIpc) is 2.66. The molecule has 0 atom stereocenters. The molecular formula is C13H15ClN2. The van der Waals surface area contributed by atoms with Gasteiger partial charge in [-0.2, -0.15) is 5.10 Å². The van der Waals surface area contributed by atoms with Crippen LogP contribution in [0.15, 0.2) is 36.5 Å². The van der Waals surface area contributed by atoms with Gasteiger partial charge < -0.3 is 0 Å². The zero-order valence-corrected chi connectivity index (χ0v) is 10.5. The molecule has 2 rings (SSSR count). The number of aromatic nitrogens is 2. The quantitative estimate of drug-likeness (QED) is 0.730. The molecule has 0 amide bonds. The third-order valence-corrected chi connectivity index (χ3v) is 2.76. The maximum Gasteiger partial charge on any atom is 0.0938 e. The summed E-state index contributed by atoms with van der Waals surface area (Å²) in [7, 11) is 0. The second kappa shape index (κ2) is 3.95. The number of hydrogen-bond acceptors (Lipinski definition) is 1. The Morgan fingerprint density at radius 3 is 2.38 bits per heavy atom. The molecule has 1 aromatic heterocycles. The summed E-state index contributed by atoms with van der Waals surface area (Å²) in [5.41, 5.74) is 1.90. The van der Waals surface area contributed by atoms with Gasteiger partial charge in [-0.1, -0.05) is 29.8 Å². The number of benzene rings is 1. The monoisotopic (exact) mass is 234 g/mol. The van der Waals surface area contributed by atoms with Crippen molar-refractivity contribution >= 4 is 11.6 Å². The molecule has 3 heteroatoms. The van der Waals surface area contributed by atoms with E-state index in [1.165, 1.54) is 0 Å². The molecule has 0 saturated heterocycles. The summed E-state index contributed by atoms with van der Waals surface area (Å²) in [5, 5.41) is 5.28. The smallest absolute Gasteiger partial charge is 0.0938 e. The standard InChI is InChI=1S/C13H15ClN2/c1-13(2,3)16-9-8-12(15-16)10-6-4-5-7-11(10)14/h4-9H,1-3H3. The molecule has 0 fully saturated rings. The number of halogens is 1. The van der Waals surface area contributed by atoms with Crippen molar-refractivity contribution in [1.82, 2.24) is 9.78 Å². The minimum atomic E-state index is -0.000490. The molecule has 2 aromatic rings. The van der Waals surface area contributed by atoms with Crippen molar-refractivity contribution in [2.24, 2.45) is 0 Å². The highest BCUT2D eigenvalue weighted by Crippen LogP contribution is 2.26. The van der Waals surface area contributed by atoms with Crippen LogP contribution < -0.4 is 0 Å². The predicted octanol–water partition coefficient (Wildman–Crippen LogP) is 3.96. The Kier molecular flexibility index (Phi) is 2.76. The fourth-order valence-corrected chi connectivity index (χ4v) is 1.74. The molecule has 16 heavy (non-hydrogen) atoms. The van der Waals surface area contributed by atoms with Gasteiger partial charge in [0, 0.05) is 11.8 Å². The first-order valence-corrected chi connectivity index (χ1v) is 5.67. The molecule has 0 aliphatic carbocycles. The van der Waals surface area contributed by atoms with Gasteiger partial charge in [0.1, 0.15) is 0 Å². The van der Waals surface area contributed by atoms with Crippen LogP contribution in [0.25, 0.3) is 11.3 Å². The van der Waals surface area contributed by atoms with E-state index in [1.807, 2.05) is 41.2 Å². The minimum absolute atomic E-state index is 0.000490. The molecule has 0 radical (unpaired) electrons. The summed E-state index contributed by atoms with van der Waals surface area (Å²) in [6.07, 6.45) is 1.98. The average molecular weight is 235 g/mol. The molecule has 0 aliphatic rings. The Labute approximate surface area is 101 Å².